The summed E-state index contributed by atoms with van der Waals surface area (Å²) in [5.74, 6) is -0.362. The zero-order valence-electron chi connectivity index (χ0n) is 10.5. The summed E-state index contributed by atoms with van der Waals surface area (Å²) in [7, 11) is 0. The fourth-order valence-corrected chi connectivity index (χ4v) is 1.55. The summed E-state index contributed by atoms with van der Waals surface area (Å²) < 4.78 is 39.7. The lowest BCUT2D eigenvalue weighted by atomic mass is 9.80. The quantitative estimate of drug-likeness (QED) is 0.912. The number of benzene rings is 1. The minimum atomic E-state index is -4.75. The predicted molar refractivity (Wildman–Crippen MR) is 62.1 cm³/mol. The lowest BCUT2D eigenvalue weighted by Gasteiger charge is -2.26. The molecule has 0 amide bonds. The lowest BCUT2D eigenvalue weighted by molar-refractivity contribution is -0.274. The van der Waals surface area contributed by atoms with Gasteiger partial charge in [-0.1, -0.05) is 19.1 Å². The maximum absolute atomic E-state index is 12.0. The van der Waals surface area contributed by atoms with Gasteiger partial charge in [-0.25, -0.2) is 0 Å². The van der Waals surface area contributed by atoms with Gasteiger partial charge in [0.15, 0.2) is 0 Å². The molecule has 0 spiro atoms. The Balaban J connectivity index is 2.91. The van der Waals surface area contributed by atoms with Gasteiger partial charge in [-0.3, -0.25) is 0 Å². The molecule has 0 aliphatic heterocycles. The van der Waals surface area contributed by atoms with E-state index in [-0.39, 0.29) is 5.75 Å². The Bertz CT molecular complexity index is 464. The molecule has 1 aromatic rings. The van der Waals surface area contributed by atoms with Crippen LogP contribution in [0.4, 0.5) is 13.2 Å². The maximum atomic E-state index is 12.0. The van der Waals surface area contributed by atoms with Crippen LogP contribution in [0.3, 0.4) is 0 Å². The van der Waals surface area contributed by atoms with Gasteiger partial charge in [0.25, 0.3) is 0 Å². The SMILES string of the molecule is CCC(C)(C#N)C(O)c1ccc(OC(F)(F)F)cc1. The molecular formula is C13H14F3NO2. The monoisotopic (exact) mass is 273 g/mol. The summed E-state index contributed by atoms with van der Waals surface area (Å²) in [6.45, 7) is 3.35. The normalized spacial score (nSPS) is 16.3. The average molecular weight is 273 g/mol. The van der Waals surface area contributed by atoms with Crippen molar-refractivity contribution >= 4 is 0 Å². The van der Waals surface area contributed by atoms with Crippen molar-refractivity contribution < 1.29 is 23.0 Å². The van der Waals surface area contributed by atoms with Crippen molar-refractivity contribution in [2.45, 2.75) is 32.7 Å². The minimum Gasteiger partial charge on any atom is -0.406 e. The fraction of sp³-hybridized carbons (Fsp3) is 0.462. The zero-order chi connectivity index (χ0) is 14.7. The van der Waals surface area contributed by atoms with Gasteiger partial charge in [-0.05, 0) is 31.0 Å². The smallest absolute Gasteiger partial charge is 0.406 e. The van der Waals surface area contributed by atoms with E-state index < -0.39 is 17.9 Å². The van der Waals surface area contributed by atoms with Crippen molar-refractivity contribution in [1.82, 2.24) is 0 Å². The number of alkyl halides is 3. The minimum absolute atomic E-state index is 0.362. The molecule has 0 saturated heterocycles. The predicted octanol–water partition coefficient (Wildman–Crippen LogP) is 3.56. The van der Waals surface area contributed by atoms with Crippen LogP contribution in [0.2, 0.25) is 0 Å². The second kappa shape index (κ2) is 5.49. The van der Waals surface area contributed by atoms with Crippen LogP contribution in [0.25, 0.3) is 0 Å². The van der Waals surface area contributed by atoms with E-state index in [9.17, 15) is 18.3 Å². The Morgan fingerprint density at radius 1 is 1.32 bits per heavy atom. The highest BCUT2D eigenvalue weighted by Gasteiger charge is 2.33. The summed E-state index contributed by atoms with van der Waals surface area (Å²) in [5, 5.41) is 19.1. The van der Waals surface area contributed by atoms with Crippen LogP contribution in [0.1, 0.15) is 31.9 Å². The Morgan fingerprint density at radius 3 is 2.21 bits per heavy atom. The van der Waals surface area contributed by atoms with Crippen LogP contribution in [0, 0.1) is 16.7 Å². The average Bonchev–Trinajstić information content (AvgIpc) is 2.36. The van der Waals surface area contributed by atoms with Gasteiger partial charge in [0, 0.05) is 0 Å². The molecular weight excluding hydrogens is 259 g/mol. The number of nitrogens with zero attached hydrogens (tertiary/aromatic N) is 1. The number of rotatable bonds is 4. The number of nitriles is 1. The molecule has 0 saturated carbocycles. The second-order valence-electron chi connectivity index (χ2n) is 4.40. The molecule has 6 heteroatoms. The van der Waals surface area contributed by atoms with Crippen molar-refractivity contribution in [3.05, 3.63) is 29.8 Å². The molecule has 1 rings (SSSR count). The van der Waals surface area contributed by atoms with Crippen molar-refractivity contribution in [3.63, 3.8) is 0 Å². The number of ether oxygens (including phenoxy) is 1. The molecule has 1 N–H and O–H groups in total. The van der Waals surface area contributed by atoms with E-state index in [1.54, 1.807) is 13.8 Å². The summed E-state index contributed by atoms with van der Waals surface area (Å²) >= 11 is 0. The molecule has 104 valence electrons. The molecule has 0 bridgehead atoms. The molecule has 0 radical (unpaired) electrons. The molecule has 1 aromatic carbocycles. The molecule has 0 aliphatic rings. The fourth-order valence-electron chi connectivity index (χ4n) is 1.55. The standard InChI is InChI=1S/C13H14F3NO2/c1-3-12(2,8-17)11(18)9-4-6-10(7-5-9)19-13(14,15)16/h4-7,11,18H,3H2,1-2H3. The number of aliphatic hydroxyl groups excluding tert-OH is 1. The van der Waals surface area contributed by atoms with E-state index in [0.29, 0.717) is 12.0 Å². The van der Waals surface area contributed by atoms with E-state index in [4.69, 9.17) is 5.26 Å². The summed E-state index contributed by atoms with van der Waals surface area (Å²) in [4.78, 5) is 0. The van der Waals surface area contributed by atoms with Crippen LogP contribution < -0.4 is 4.74 Å². The van der Waals surface area contributed by atoms with Gasteiger partial charge in [-0.2, -0.15) is 5.26 Å². The number of hydrogen-bond acceptors (Lipinski definition) is 3. The second-order valence-corrected chi connectivity index (χ2v) is 4.40. The van der Waals surface area contributed by atoms with Gasteiger partial charge in [0.05, 0.1) is 17.6 Å². The largest absolute Gasteiger partial charge is 0.573 e. The van der Waals surface area contributed by atoms with E-state index >= 15 is 0 Å². The molecule has 0 aliphatic carbocycles. The zero-order valence-corrected chi connectivity index (χ0v) is 10.5. The first-order valence-corrected chi connectivity index (χ1v) is 5.67. The molecule has 0 heterocycles. The number of aliphatic hydroxyl groups is 1. The van der Waals surface area contributed by atoms with Crippen molar-refractivity contribution in [2.75, 3.05) is 0 Å². The molecule has 2 atom stereocenters. The van der Waals surface area contributed by atoms with Crippen molar-refractivity contribution in [3.8, 4) is 11.8 Å². The number of hydrogen-bond donors (Lipinski definition) is 1. The Labute approximate surface area is 109 Å². The van der Waals surface area contributed by atoms with Crippen LogP contribution in [0.5, 0.6) is 5.75 Å². The first-order chi connectivity index (χ1) is 8.72. The highest BCUT2D eigenvalue weighted by molar-refractivity contribution is 5.30. The van der Waals surface area contributed by atoms with Crippen molar-refractivity contribution in [1.29, 1.82) is 5.26 Å². The van der Waals surface area contributed by atoms with Crippen LogP contribution in [-0.2, 0) is 0 Å². The lowest BCUT2D eigenvalue weighted by Crippen LogP contribution is -2.23. The number of halogens is 3. The van der Waals surface area contributed by atoms with E-state index in [2.05, 4.69) is 4.74 Å². The van der Waals surface area contributed by atoms with Crippen LogP contribution in [0.15, 0.2) is 24.3 Å². The van der Waals surface area contributed by atoms with Crippen LogP contribution >= 0.6 is 0 Å². The van der Waals surface area contributed by atoms with Crippen LogP contribution in [-0.4, -0.2) is 11.5 Å². The van der Waals surface area contributed by atoms with E-state index in [0.717, 1.165) is 12.1 Å². The molecule has 19 heavy (non-hydrogen) atoms. The van der Waals surface area contributed by atoms with Gasteiger partial charge >= 0.3 is 6.36 Å². The third-order valence-corrected chi connectivity index (χ3v) is 3.02. The van der Waals surface area contributed by atoms with Gasteiger partial charge in [-0.15, -0.1) is 13.2 Å². The van der Waals surface area contributed by atoms with Gasteiger partial charge in [0.2, 0.25) is 0 Å². The highest BCUT2D eigenvalue weighted by Crippen LogP contribution is 2.36. The van der Waals surface area contributed by atoms with E-state index in [1.807, 2.05) is 6.07 Å². The molecule has 0 aromatic heterocycles. The van der Waals surface area contributed by atoms with Crippen molar-refractivity contribution in [2.24, 2.45) is 5.41 Å². The molecule has 2 unspecified atom stereocenters. The summed E-state index contributed by atoms with van der Waals surface area (Å²) in [6.07, 6.45) is -5.39. The first-order valence-electron chi connectivity index (χ1n) is 5.67. The maximum Gasteiger partial charge on any atom is 0.573 e. The Kier molecular flexibility index (Phi) is 4.43. The summed E-state index contributed by atoms with van der Waals surface area (Å²) in [5.41, 5.74) is -0.604. The molecule has 3 nitrogen and oxygen atoms in total. The summed E-state index contributed by atoms with van der Waals surface area (Å²) in [6, 6.07) is 6.87. The van der Waals surface area contributed by atoms with Gasteiger partial charge < -0.3 is 9.84 Å². The third-order valence-electron chi connectivity index (χ3n) is 3.02. The van der Waals surface area contributed by atoms with E-state index in [1.165, 1.54) is 12.1 Å². The highest BCUT2D eigenvalue weighted by atomic mass is 19.4. The van der Waals surface area contributed by atoms with Gasteiger partial charge in [0.1, 0.15) is 5.75 Å². The Hall–Kier alpha value is -1.74. The molecule has 0 fully saturated rings. The topological polar surface area (TPSA) is 53.2 Å². The third kappa shape index (κ3) is 3.86. The first kappa shape index (κ1) is 15.3. The Morgan fingerprint density at radius 2 is 1.84 bits per heavy atom.